The molecule has 0 rings (SSSR count). The van der Waals surface area contributed by atoms with Crippen LogP contribution in [0.1, 0.15) is 71.1 Å². The first-order chi connectivity index (χ1) is 12.0. The largest absolute Gasteiger partial charge is 1.00 e. The average molecular weight is 402 g/mol. The van der Waals surface area contributed by atoms with Crippen molar-refractivity contribution in [2.45, 2.75) is 71.1 Å². The van der Waals surface area contributed by atoms with Crippen LogP contribution in [0.25, 0.3) is 0 Å². The molecular formula is C18H32N2Na2O5. The maximum Gasteiger partial charge on any atom is 1.00 e. The van der Waals surface area contributed by atoms with E-state index in [0.29, 0.717) is 6.42 Å². The van der Waals surface area contributed by atoms with Crippen molar-refractivity contribution >= 4 is 17.8 Å². The minimum absolute atomic E-state index is 0. The molecule has 0 aliphatic carbocycles. The third kappa shape index (κ3) is 24.3. The van der Waals surface area contributed by atoms with E-state index in [1.165, 1.54) is 38.5 Å². The van der Waals surface area contributed by atoms with Crippen LogP contribution in [0.4, 0.5) is 0 Å². The number of carboxylic acids is 2. The van der Waals surface area contributed by atoms with Crippen molar-refractivity contribution in [2.75, 3.05) is 26.2 Å². The van der Waals surface area contributed by atoms with Gasteiger partial charge < -0.3 is 25.1 Å². The summed E-state index contributed by atoms with van der Waals surface area (Å²) in [5.41, 5.74) is 0. The number of hydrogen-bond donors (Lipinski definition) is 1. The molecule has 0 heterocycles. The first-order valence-corrected chi connectivity index (χ1v) is 9.34. The molecule has 27 heavy (non-hydrogen) atoms. The van der Waals surface area contributed by atoms with Crippen LogP contribution in [0.2, 0.25) is 0 Å². The van der Waals surface area contributed by atoms with Gasteiger partial charge >= 0.3 is 59.1 Å². The second kappa shape index (κ2) is 22.7. The molecule has 0 aliphatic heterocycles. The van der Waals surface area contributed by atoms with Gasteiger partial charge in [-0.05, 0) is 6.42 Å². The molecule has 0 bridgehead atoms. The Hall–Kier alpha value is 0.370. The van der Waals surface area contributed by atoms with Crippen LogP contribution in [0.15, 0.2) is 0 Å². The number of nitrogens with one attached hydrogen (secondary N) is 1. The van der Waals surface area contributed by atoms with E-state index in [2.05, 4.69) is 12.2 Å². The summed E-state index contributed by atoms with van der Waals surface area (Å²) in [6.45, 7) is 1.54. The summed E-state index contributed by atoms with van der Waals surface area (Å²) in [5, 5.41) is 23.7. The second-order valence-corrected chi connectivity index (χ2v) is 6.38. The second-order valence-electron chi connectivity index (χ2n) is 6.38. The first-order valence-electron chi connectivity index (χ1n) is 9.34. The Morgan fingerprint density at radius 1 is 0.778 bits per heavy atom. The standard InChI is InChI=1S/C18H34N2O5.2Na/c1-2-3-4-5-6-7-8-9-10-11-16(21)19-12-13-20(14-17(22)23)15-18(24)25;;/h2-15H2,1H3,(H,19,21)(H,22,23)(H,24,25);;/q;2*+1/p-2. The van der Waals surface area contributed by atoms with Crippen molar-refractivity contribution in [3.8, 4) is 0 Å². The normalized spacial score (nSPS) is 10.0. The molecule has 146 valence electrons. The molecule has 0 radical (unpaired) electrons. The molecule has 7 nitrogen and oxygen atoms in total. The number of nitrogens with zero attached hydrogens (tertiary/aromatic N) is 1. The minimum atomic E-state index is -1.36. The van der Waals surface area contributed by atoms with E-state index in [1.54, 1.807) is 0 Å². The number of aliphatic carboxylic acids is 2. The molecule has 0 fully saturated rings. The van der Waals surface area contributed by atoms with Gasteiger partial charge in [-0.2, -0.15) is 0 Å². The fraction of sp³-hybridized carbons (Fsp3) is 0.833. The van der Waals surface area contributed by atoms with Crippen LogP contribution in [0.3, 0.4) is 0 Å². The van der Waals surface area contributed by atoms with Crippen molar-refractivity contribution in [2.24, 2.45) is 0 Å². The van der Waals surface area contributed by atoms with Crippen LogP contribution in [-0.4, -0.2) is 48.9 Å². The van der Waals surface area contributed by atoms with Gasteiger partial charge in [0.25, 0.3) is 0 Å². The van der Waals surface area contributed by atoms with Gasteiger partial charge in [0.05, 0.1) is 11.9 Å². The predicted octanol–water partition coefficient (Wildman–Crippen LogP) is -6.17. The zero-order valence-corrected chi connectivity index (χ0v) is 21.4. The van der Waals surface area contributed by atoms with Crippen molar-refractivity contribution in [1.29, 1.82) is 0 Å². The molecule has 9 heteroatoms. The molecule has 0 unspecified atom stereocenters. The molecule has 1 N–H and O–H groups in total. The van der Waals surface area contributed by atoms with Gasteiger partial charge in [0.2, 0.25) is 5.91 Å². The monoisotopic (exact) mass is 402 g/mol. The zero-order valence-electron chi connectivity index (χ0n) is 17.4. The fourth-order valence-corrected chi connectivity index (χ4v) is 2.62. The number of carbonyl (C=O) groups is 3. The Morgan fingerprint density at radius 3 is 1.67 bits per heavy atom. The Balaban J connectivity index is -0.00000288. The van der Waals surface area contributed by atoms with E-state index in [0.717, 1.165) is 24.2 Å². The molecule has 0 spiro atoms. The zero-order chi connectivity index (χ0) is 18.9. The SMILES string of the molecule is CCCCCCCCCCCC(=O)NCCN(CC(=O)[O-])CC(=O)[O-].[Na+].[Na+]. The van der Waals surface area contributed by atoms with E-state index < -0.39 is 25.0 Å². The number of carbonyl (C=O) groups excluding carboxylic acids is 3. The van der Waals surface area contributed by atoms with Crippen molar-refractivity contribution in [1.82, 2.24) is 10.2 Å². The molecule has 0 saturated carbocycles. The van der Waals surface area contributed by atoms with Gasteiger partial charge in [-0.1, -0.05) is 58.3 Å². The number of rotatable bonds is 17. The van der Waals surface area contributed by atoms with E-state index in [-0.39, 0.29) is 78.1 Å². The molecule has 0 atom stereocenters. The molecule has 0 saturated heterocycles. The smallest absolute Gasteiger partial charge is 0.549 e. The Labute approximate surface area is 207 Å². The Bertz CT molecular complexity index is 382. The van der Waals surface area contributed by atoms with Crippen molar-refractivity contribution in [3.05, 3.63) is 0 Å². The Kier molecular flexibility index (Phi) is 26.9. The summed E-state index contributed by atoms with van der Waals surface area (Å²) in [6.07, 6.45) is 11.1. The number of unbranched alkanes of at least 4 members (excludes halogenated alkanes) is 8. The summed E-state index contributed by atoms with van der Waals surface area (Å²) in [6, 6.07) is 0. The van der Waals surface area contributed by atoms with E-state index in [4.69, 9.17) is 0 Å². The minimum Gasteiger partial charge on any atom is -0.549 e. The van der Waals surface area contributed by atoms with Crippen LogP contribution >= 0.6 is 0 Å². The topological polar surface area (TPSA) is 113 Å². The molecule has 0 aromatic carbocycles. The van der Waals surface area contributed by atoms with Crippen LogP contribution in [-0.2, 0) is 14.4 Å². The summed E-state index contributed by atoms with van der Waals surface area (Å²) in [4.78, 5) is 33.9. The number of amides is 1. The molecule has 1 amide bonds. The number of carboxylic acid groups (broad SMARTS) is 2. The predicted molar refractivity (Wildman–Crippen MR) is 91.3 cm³/mol. The van der Waals surface area contributed by atoms with Crippen molar-refractivity contribution in [3.63, 3.8) is 0 Å². The Morgan fingerprint density at radius 2 is 1.22 bits per heavy atom. The van der Waals surface area contributed by atoms with Gasteiger partial charge in [-0.25, -0.2) is 0 Å². The van der Waals surface area contributed by atoms with Crippen LogP contribution in [0, 0.1) is 0 Å². The first kappa shape index (κ1) is 32.0. The maximum atomic E-state index is 11.7. The van der Waals surface area contributed by atoms with E-state index in [9.17, 15) is 24.6 Å². The summed E-state index contributed by atoms with van der Waals surface area (Å²) in [7, 11) is 0. The summed E-state index contributed by atoms with van der Waals surface area (Å²) < 4.78 is 0. The molecule has 0 aromatic heterocycles. The third-order valence-electron chi connectivity index (χ3n) is 3.96. The average Bonchev–Trinajstić information content (AvgIpc) is 2.52. The molecular weight excluding hydrogens is 370 g/mol. The van der Waals surface area contributed by atoms with Gasteiger partial charge in [0.15, 0.2) is 0 Å². The third-order valence-corrected chi connectivity index (χ3v) is 3.96. The van der Waals surface area contributed by atoms with Gasteiger partial charge in [-0.15, -0.1) is 0 Å². The quantitative estimate of drug-likeness (QED) is 0.191. The van der Waals surface area contributed by atoms with Gasteiger partial charge in [-0.3, -0.25) is 9.69 Å². The van der Waals surface area contributed by atoms with Gasteiger partial charge in [0.1, 0.15) is 0 Å². The maximum absolute atomic E-state index is 11.7. The summed E-state index contributed by atoms with van der Waals surface area (Å²) >= 11 is 0. The van der Waals surface area contributed by atoms with Crippen molar-refractivity contribution < 1.29 is 83.7 Å². The summed E-state index contributed by atoms with van der Waals surface area (Å²) in [5.74, 6) is -2.81. The van der Waals surface area contributed by atoms with E-state index >= 15 is 0 Å². The van der Waals surface area contributed by atoms with Gasteiger partial charge in [0, 0.05) is 32.6 Å². The fourth-order valence-electron chi connectivity index (χ4n) is 2.62. The molecule has 0 aromatic rings. The number of hydrogen-bond acceptors (Lipinski definition) is 6. The van der Waals surface area contributed by atoms with Crippen LogP contribution < -0.4 is 74.6 Å². The van der Waals surface area contributed by atoms with Crippen LogP contribution in [0.5, 0.6) is 0 Å². The van der Waals surface area contributed by atoms with E-state index in [1.807, 2.05) is 0 Å². The molecule has 0 aliphatic rings.